The van der Waals surface area contributed by atoms with Gasteiger partial charge in [0, 0.05) is 11.4 Å². The van der Waals surface area contributed by atoms with Crippen LogP contribution in [0.3, 0.4) is 0 Å². The number of rotatable bonds is 5. The molecule has 2 rings (SSSR count). The maximum atomic E-state index is 11.9. The van der Waals surface area contributed by atoms with Gasteiger partial charge in [-0.25, -0.2) is 4.79 Å². The van der Waals surface area contributed by atoms with E-state index >= 15 is 0 Å². The number of nitrogens with one attached hydrogen (secondary N) is 2. The second kappa shape index (κ2) is 7.58. The van der Waals surface area contributed by atoms with Crippen LogP contribution in [0.2, 0.25) is 0 Å². The number of nitrogens with zero attached hydrogens (tertiary/aromatic N) is 1. The number of carbonyl (C=O) groups excluding carboxylic acids is 3. The van der Waals surface area contributed by atoms with E-state index in [1.54, 1.807) is 38.1 Å². The highest BCUT2D eigenvalue weighted by Gasteiger charge is 2.21. The summed E-state index contributed by atoms with van der Waals surface area (Å²) in [6.45, 7) is 4.91. The summed E-state index contributed by atoms with van der Waals surface area (Å²) in [4.78, 5) is 35.2. The van der Waals surface area contributed by atoms with Crippen LogP contribution in [-0.2, 0) is 20.7 Å². The lowest BCUT2D eigenvalue weighted by Gasteiger charge is -2.14. The van der Waals surface area contributed by atoms with E-state index in [4.69, 9.17) is 9.26 Å². The molecule has 1 aromatic heterocycles. The molecule has 1 atom stereocenters. The molecule has 0 aliphatic heterocycles. The Labute approximate surface area is 138 Å². The van der Waals surface area contributed by atoms with E-state index in [0.29, 0.717) is 16.7 Å². The van der Waals surface area contributed by atoms with Gasteiger partial charge in [-0.2, -0.15) is 0 Å². The number of esters is 1. The van der Waals surface area contributed by atoms with Gasteiger partial charge in [0.05, 0.1) is 6.42 Å². The molecule has 0 fully saturated rings. The van der Waals surface area contributed by atoms with E-state index in [-0.39, 0.29) is 12.5 Å². The molecule has 0 radical (unpaired) electrons. The van der Waals surface area contributed by atoms with Gasteiger partial charge < -0.3 is 14.6 Å². The minimum Gasteiger partial charge on any atom is -0.452 e. The average molecular weight is 333 g/mol. The molecule has 24 heavy (non-hydrogen) atoms. The van der Waals surface area contributed by atoms with Crippen molar-refractivity contribution in [1.82, 2.24) is 15.8 Å². The van der Waals surface area contributed by atoms with Crippen molar-refractivity contribution < 1.29 is 23.6 Å². The molecule has 8 heteroatoms. The number of fused-ring (bicyclic) bond motifs is 1. The molecule has 0 aliphatic carbocycles. The maximum Gasteiger partial charge on any atom is 0.321 e. The quantitative estimate of drug-likeness (QED) is 0.803. The number of benzene rings is 1. The molecule has 1 aromatic carbocycles. The molecule has 8 nitrogen and oxygen atoms in total. The van der Waals surface area contributed by atoms with Crippen LogP contribution in [0.25, 0.3) is 11.0 Å². The number of imide groups is 1. The van der Waals surface area contributed by atoms with E-state index in [1.807, 2.05) is 0 Å². The maximum absolute atomic E-state index is 11.9. The van der Waals surface area contributed by atoms with Gasteiger partial charge in [-0.1, -0.05) is 17.3 Å². The Morgan fingerprint density at radius 2 is 1.92 bits per heavy atom. The first-order chi connectivity index (χ1) is 11.4. The average Bonchev–Trinajstić information content (AvgIpc) is 2.89. The minimum absolute atomic E-state index is 0.115. The lowest BCUT2D eigenvalue weighted by atomic mass is 10.2. The van der Waals surface area contributed by atoms with Gasteiger partial charge in [-0.15, -0.1) is 0 Å². The van der Waals surface area contributed by atoms with Gasteiger partial charge in [0.2, 0.25) is 0 Å². The van der Waals surface area contributed by atoms with Gasteiger partial charge in [-0.3, -0.25) is 14.9 Å². The van der Waals surface area contributed by atoms with Crippen molar-refractivity contribution in [2.75, 3.05) is 0 Å². The smallest absolute Gasteiger partial charge is 0.321 e. The lowest BCUT2D eigenvalue weighted by Crippen LogP contribution is -2.46. The molecule has 0 aliphatic rings. The Morgan fingerprint density at radius 1 is 1.21 bits per heavy atom. The molecule has 1 heterocycles. The van der Waals surface area contributed by atoms with E-state index in [0.717, 1.165) is 0 Å². The van der Waals surface area contributed by atoms with Crippen molar-refractivity contribution in [2.45, 2.75) is 39.3 Å². The second-order valence-electron chi connectivity index (χ2n) is 5.55. The van der Waals surface area contributed by atoms with E-state index in [1.165, 1.54) is 6.92 Å². The molecule has 0 bridgehead atoms. The first-order valence-electron chi connectivity index (χ1n) is 7.51. The summed E-state index contributed by atoms with van der Waals surface area (Å²) >= 11 is 0. The van der Waals surface area contributed by atoms with Crippen molar-refractivity contribution in [3.63, 3.8) is 0 Å². The van der Waals surface area contributed by atoms with Crippen LogP contribution >= 0.6 is 0 Å². The van der Waals surface area contributed by atoms with Crippen LogP contribution in [0.15, 0.2) is 28.8 Å². The molecule has 2 aromatic rings. The predicted octanol–water partition coefficient (Wildman–Crippen LogP) is 1.54. The Balaban J connectivity index is 1.89. The fourth-order valence-corrected chi connectivity index (χ4v) is 2.01. The van der Waals surface area contributed by atoms with Crippen molar-refractivity contribution in [3.05, 3.63) is 30.0 Å². The van der Waals surface area contributed by atoms with Gasteiger partial charge in [0.25, 0.3) is 5.91 Å². The summed E-state index contributed by atoms with van der Waals surface area (Å²) in [7, 11) is 0. The Morgan fingerprint density at radius 3 is 2.62 bits per heavy atom. The van der Waals surface area contributed by atoms with Crippen LogP contribution in [0, 0.1) is 0 Å². The third-order valence-electron chi connectivity index (χ3n) is 3.10. The number of carbonyl (C=O) groups is 3. The normalized spacial score (nSPS) is 12.0. The van der Waals surface area contributed by atoms with Gasteiger partial charge in [0.15, 0.2) is 11.7 Å². The lowest BCUT2D eigenvalue weighted by molar-refractivity contribution is -0.153. The monoisotopic (exact) mass is 333 g/mol. The summed E-state index contributed by atoms with van der Waals surface area (Å²) in [5, 5.41) is 9.15. The Hall–Kier alpha value is -2.90. The molecule has 0 saturated heterocycles. The van der Waals surface area contributed by atoms with Crippen LogP contribution in [0.5, 0.6) is 0 Å². The number of aromatic nitrogens is 1. The SMILES string of the molecule is CC(C)NC(=O)NC(=O)[C@@H](C)OC(=O)Cc1noc2ccccc12. The van der Waals surface area contributed by atoms with E-state index in [9.17, 15) is 14.4 Å². The highest BCUT2D eigenvalue weighted by atomic mass is 16.5. The van der Waals surface area contributed by atoms with Gasteiger partial charge in [0.1, 0.15) is 5.69 Å². The zero-order valence-corrected chi connectivity index (χ0v) is 13.7. The van der Waals surface area contributed by atoms with Gasteiger partial charge >= 0.3 is 12.0 Å². The van der Waals surface area contributed by atoms with Crippen molar-refractivity contribution in [3.8, 4) is 0 Å². The second-order valence-corrected chi connectivity index (χ2v) is 5.55. The predicted molar refractivity (Wildman–Crippen MR) is 85.1 cm³/mol. The zero-order valence-electron chi connectivity index (χ0n) is 13.7. The summed E-state index contributed by atoms with van der Waals surface area (Å²) in [6.07, 6.45) is -1.24. The Bertz CT molecular complexity index is 753. The molecule has 0 saturated carbocycles. The molecule has 0 unspecified atom stereocenters. The summed E-state index contributed by atoms with van der Waals surface area (Å²) in [6, 6.07) is 6.36. The highest BCUT2D eigenvalue weighted by molar-refractivity contribution is 5.97. The molecular weight excluding hydrogens is 314 g/mol. The number of hydrogen-bond acceptors (Lipinski definition) is 6. The third kappa shape index (κ3) is 4.55. The molecule has 2 N–H and O–H groups in total. The van der Waals surface area contributed by atoms with Gasteiger partial charge in [-0.05, 0) is 32.9 Å². The number of para-hydroxylation sites is 1. The summed E-state index contributed by atoms with van der Waals surface area (Å²) in [5.74, 6) is -1.34. The third-order valence-corrected chi connectivity index (χ3v) is 3.10. The molecule has 128 valence electrons. The van der Waals surface area contributed by atoms with Crippen molar-refractivity contribution >= 4 is 28.9 Å². The van der Waals surface area contributed by atoms with Crippen molar-refractivity contribution in [1.29, 1.82) is 0 Å². The number of ether oxygens (including phenoxy) is 1. The topological polar surface area (TPSA) is 111 Å². The van der Waals surface area contributed by atoms with E-state index in [2.05, 4.69) is 15.8 Å². The van der Waals surface area contributed by atoms with Crippen molar-refractivity contribution in [2.24, 2.45) is 0 Å². The van der Waals surface area contributed by atoms with Crippen LogP contribution in [-0.4, -0.2) is 35.2 Å². The van der Waals surface area contributed by atoms with E-state index < -0.39 is 24.0 Å². The zero-order chi connectivity index (χ0) is 17.7. The molecular formula is C16H19N3O5. The first-order valence-corrected chi connectivity index (χ1v) is 7.51. The first kappa shape index (κ1) is 17.5. The number of hydrogen-bond donors (Lipinski definition) is 2. The molecule has 0 spiro atoms. The fraction of sp³-hybridized carbons (Fsp3) is 0.375. The summed E-state index contributed by atoms with van der Waals surface area (Å²) < 4.78 is 10.1. The number of amides is 3. The van der Waals surface area contributed by atoms with Crippen LogP contribution in [0.4, 0.5) is 4.79 Å². The fourth-order valence-electron chi connectivity index (χ4n) is 2.01. The largest absolute Gasteiger partial charge is 0.452 e. The minimum atomic E-state index is -1.10. The van der Waals surface area contributed by atoms with Crippen LogP contribution < -0.4 is 10.6 Å². The Kier molecular flexibility index (Phi) is 5.51. The van der Waals surface area contributed by atoms with Crippen LogP contribution in [0.1, 0.15) is 26.5 Å². The summed E-state index contributed by atoms with van der Waals surface area (Å²) in [5.41, 5.74) is 0.997. The molecule has 3 amide bonds. The number of urea groups is 1. The highest BCUT2D eigenvalue weighted by Crippen LogP contribution is 2.18. The standard InChI is InChI=1S/C16H19N3O5/c1-9(2)17-16(22)18-15(21)10(3)23-14(20)8-12-11-6-4-5-7-13(11)24-19-12/h4-7,9-10H,8H2,1-3H3,(H2,17,18,21,22)/t10-/m1/s1.